The quantitative estimate of drug-likeness (QED) is 0.285. The van der Waals surface area contributed by atoms with E-state index in [0.29, 0.717) is 41.4 Å². The third-order valence-corrected chi connectivity index (χ3v) is 7.93. The molecule has 2 N–H and O–H groups in total. The molecule has 1 amide bonds. The highest BCUT2D eigenvalue weighted by Crippen LogP contribution is 2.36. The minimum absolute atomic E-state index is 0.0454. The minimum atomic E-state index is -0.875. The van der Waals surface area contributed by atoms with Crippen molar-refractivity contribution in [3.8, 4) is 22.9 Å². The van der Waals surface area contributed by atoms with Crippen LogP contribution in [0.2, 0.25) is 0 Å². The summed E-state index contributed by atoms with van der Waals surface area (Å²) in [5, 5.41) is 11.6. The molecule has 1 fully saturated rings. The third-order valence-electron chi connectivity index (χ3n) is 6.87. The largest absolute Gasteiger partial charge is 0.445 e. The number of nitrogens with zero attached hydrogens (tertiary/aromatic N) is 5. The van der Waals surface area contributed by atoms with E-state index < -0.39 is 5.54 Å². The summed E-state index contributed by atoms with van der Waals surface area (Å²) in [7, 11) is 0. The highest BCUT2D eigenvalue weighted by atomic mass is 32.1. The molecule has 5 aromatic rings. The second-order valence-electron chi connectivity index (χ2n) is 10.1. The zero-order valence-electron chi connectivity index (χ0n) is 21.7. The lowest BCUT2D eigenvalue weighted by Gasteiger charge is -2.23. The predicted molar refractivity (Wildman–Crippen MR) is 147 cm³/mol. The molecule has 0 saturated carbocycles. The molecular formula is C29H28N6O3S. The van der Waals surface area contributed by atoms with Gasteiger partial charge in [0.2, 0.25) is 17.7 Å². The number of rotatable bonds is 7. The van der Waals surface area contributed by atoms with Gasteiger partial charge in [-0.15, -0.1) is 21.5 Å². The first-order valence-corrected chi connectivity index (χ1v) is 13.7. The average molecular weight is 541 g/mol. The molecule has 0 spiro atoms. The molecule has 9 nitrogen and oxygen atoms in total. The molecule has 10 heteroatoms. The topological polar surface area (TPSA) is 124 Å². The summed E-state index contributed by atoms with van der Waals surface area (Å²) in [5.41, 5.74) is 9.49. The summed E-state index contributed by atoms with van der Waals surface area (Å²) in [4.78, 5) is 24.7. The van der Waals surface area contributed by atoms with E-state index in [4.69, 9.17) is 14.6 Å². The van der Waals surface area contributed by atoms with Crippen molar-refractivity contribution in [3.05, 3.63) is 94.1 Å². The average Bonchev–Trinajstić information content (AvgIpc) is 3.74. The summed E-state index contributed by atoms with van der Waals surface area (Å²) >= 11 is 1.59. The van der Waals surface area contributed by atoms with E-state index in [1.54, 1.807) is 29.7 Å². The van der Waals surface area contributed by atoms with Gasteiger partial charge < -0.3 is 19.5 Å². The highest BCUT2D eigenvalue weighted by Gasteiger charge is 2.33. The van der Waals surface area contributed by atoms with Crippen molar-refractivity contribution in [2.75, 3.05) is 6.54 Å². The van der Waals surface area contributed by atoms with Crippen LogP contribution in [0.15, 0.2) is 75.2 Å². The van der Waals surface area contributed by atoms with Gasteiger partial charge in [-0.3, -0.25) is 4.79 Å². The van der Waals surface area contributed by atoms with Crippen molar-refractivity contribution in [1.29, 1.82) is 0 Å². The number of hydrogen-bond acceptors (Lipinski definition) is 9. The van der Waals surface area contributed by atoms with Gasteiger partial charge in [0.05, 0.1) is 17.8 Å². The Morgan fingerprint density at radius 1 is 1.15 bits per heavy atom. The van der Waals surface area contributed by atoms with Crippen molar-refractivity contribution >= 4 is 17.2 Å². The van der Waals surface area contributed by atoms with Crippen molar-refractivity contribution in [3.63, 3.8) is 0 Å². The molecule has 2 atom stereocenters. The maximum absolute atomic E-state index is 13.9. The van der Waals surface area contributed by atoms with Crippen LogP contribution in [-0.2, 0) is 12.0 Å². The second kappa shape index (κ2) is 10.2. The molecule has 1 aliphatic rings. The number of likely N-dealkylation sites (tertiary alicyclic amines) is 1. The van der Waals surface area contributed by atoms with Crippen LogP contribution in [0.3, 0.4) is 0 Å². The highest BCUT2D eigenvalue weighted by molar-refractivity contribution is 7.09. The molecule has 1 aliphatic heterocycles. The predicted octanol–water partition coefficient (Wildman–Crippen LogP) is 5.55. The van der Waals surface area contributed by atoms with Gasteiger partial charge >= 0.3 is 0 Å². The molecular weight excluding hydrogens is 512 g/mol. The fourth-order valence-corrected chi connectivity index (χ4v) is 5.93. The smallest absolute Gasteiger partial charge is 0.254 e. The molecule has 0 bridgehead atoms. The lowest BCUT2D eigenvalue weighted by Crippen LogP contribution is -2.35. The van der Waals surface area contributed by atoms with Crippen LogP contribution in [-0.4, -0.2) is 37.5 Å². The maximum atomic E-state index is 13.9. The Kier molecular flexibility index (Phi) is 6.58. The lowest BCUT2D eigenvalue weighted by atomic mass is 9.94. The van der Waals surface area contributed by atoms with E-state index in [2.05, 4.69) is 20.2 Å². The molecule has 3 aromatic heterocycles. The Morgan fingerprint density at radius 2 is 1.95 bits per heavy atom. The van der Waals surface area contributed by atoms with E-state index in [9.17, 15) is 4.79 Å². The van der Waals surface area contributed by atoms with Crippen LogP contribution in [0.5, 0.6) is 0 Å². The fraction of sp³-hybridized carbons (Fsp3) is 0.276. The van der Waals surface area contributed by atoms with E-state index >= 15 is 0 Å². The van der Waals surface area contributed by atoms with Crippen LogP contribution in [0.1, 0.15) is 58.3 Å². The van der Waals surface area contributed by atoms with Gasteiger partial charge in [-0.1, -0.05) is 30.3 Å². The van der Waals surface area contributed by atoms with E-state index in [1.807, 2.05) is 60.5 Å². The number of hydrogen-bond donors (Lipinski definition) is 1. The zero-order chi connectivity index (χ0) is 27.0. The summed E-state index contributed by atoms with van der Waals surface area (Å²) in [6, 6.07) is 15.3. The zero-order valence-corrected chi connectivity index (χ0v) is 22.5. The molecule has 0 unspecified atom stereocenters. The Bertz CT molecular complexity index is 1590. The number of benzene rings is 2. The summed E-state index contributed by atoms with van der Waals surface area (Å²) < 4.78 is 11.7. The molecule has 1 saturated heterocycles. The van der Waals surface area contributed by atoms with Crippen molar-refractivity contribution in [1.82, 2.24) is 25.1 Å². The third kappa shape index (κ3) is 5.13. The first-order chi connectivity index (χ1) is 18.9. The molecule has 198 valence electrons. The Morgan fingerprint density at radius 3 is 2.67 bits per heavy atom. The van der Waals surface area contributed by atoms with Crippen molar-refractivity contribution in [2.45, 2.75) is 44.7 Å². The number of aryl methyl sites for hydroxylation is 1. The number of nitrogens with two attached hydrogens (primary N) is 1. The molecule has 6 rings (SSSR count). The first-order valence-electron chi connectivity index (χ1n) is 12.8. The van der Waals surface area contributed by atoms with Gasteiger partial charge in [0, 0.05) is 34.3 Å². The van der Waals surface area contributed by atoms with Crippen molar-refractivity contribution < 1.29 is 13.6 Å². The Balaban J connectivity index is 1.35. The lowest BCUT2D eigenvalue weighted by molar-refractivity contribution is 0.0735. The molecule has 0 radical (unpaired) electrons. The SMILES string of the molecule is Cc1csc([C@H]2CCCN2C(=O)c2cc(-c3ncco3)cc(-c3nnc([C@](C)(N)Cc4ccccc4)o3)c2)n1. The van der Waals surface area contributed by atoms with Gasteiger partial charge in [0.15, 0.2) is 0 Å². The fourth-order valence-electron chi connectivity index (χ4n) is 4.99. The van der Waals surface area contributed by atoms with E-state index in [0.717, 1.165) is 29.1 Å². The first kappa shape index (κ1) is 25.1. The molecule has 0 aliphatic carbocycles. The number of carbonyl (C=O) groups excluding carboxylic acids is 1. The van der Waals surface area contributed by atoms with Gasteiger partial charge in [-0.05, 0) is 56.9 Å². The van der Waals surface area contributed by atoms with Crippen LogP contribution in [0, 0.1) is 6.92 Å². The minimum Gasteiger partial charge on any atom is -0.445 e. The summed E-state index contributed by atoms with van der Waals surface area (Å²) in [6.07, 6.45) is 5.40. The molecule has 2 aromatic carbocycles. The molecule has 4 heterocycles. The normalized spacial score (nSPS) is 16.9. The van der Waals surface area contributed by atoms with Gasteiger partial charge in [-0.25, -0.2) is 9.97 Å². The Hall–Kier alpha value is -4.15. The number of thiazole rings is 1. The number of carbonyl (C=O) groups is 1. The second-order valence-corrected chi connectivity index (χ2v) is 11.0. The van der Waals surface area contributed by atoms with Gasteiger partial charge in [0.25, 0.3) is 5.91 Å². The van der Waals surface area contributed by atoms with Crippen molar-refractivity contribution in [2.24, 2.45) is 5.73 Å². The van der Waals surface area contributed by atoms with Crippen LogP contribution < -0.4 is 5.73 Å². The standard InChI is InChI=1S/C29H28N6O3S/c1-18-17-39-26(32-18)23-9-6-11-35(23)27(36)22-14-20(24-31-10-12-37-24)13-21(15-22)25-33-34-28(38-25)29(2,30)16-19-7-4-3-5-8-19/h3-5,7-8,10,12-15,17,23H,6,9,11,16,30H2,1-2H3/t23-,29-/m1/s1. The van der Waals surface area contributed by atoms with Crippen LogP contribution in [0.25, 0.3) is 22.9 Å². The number of amides is 1. The Labute approximate surface area is 229 Å². The summed E-state index contributed by atoms with van der Waals surface area (Å²) in [6.45, 7) is 4.50. The summed E-state index contributed by atoms with van der Waals surface area (Å²) in [5.74, 6) is 0.889. The van der Waals surface area contributed by atoms with E-state index in [1.165, 1.54) is 6.26 Å². The number of aromatic nitrogens is 4. The van der Waals surface area contributed by atoms with Crippen LogP contribution >= 0.6 is 11.3 Å². The van der Waals surface area contributed by atoms with E-state index in [-0.39, 0.29) is 17.8 Å². The number of oxazole rings is 1. The molecule has 39 heavy (non-hydrogen) atoms. The van der Waals surface area contributed by atoms with Crippen LogP contribution in [0.4, 0.5) is 0 Å². The monoisotopic (exact) mass is 540 g/mol. The van der Waals surface area contributed by atoms with Gasteiger partial charge in [0.1, 0.15) is 11.3 Å². The maximum Gasteiger partial charge on any atom is 0.254 e. The van der Waals surface area contributed by atoms with Gasteiger partial charge in [-0.2, -0.15) is 0 Å².